The molecule has 0 bridgehead atoms. The predicted octanol–water partition coefficient (Wildman–Crippen LogP) is 4.78. The first-order valence-corrected chi connectivity index (χ1v) is 7.60. The Bertz CT molecular complexity index is 637. The quantitative estimate of drug-likeness (QED) is 0.777. The van der Waals surface area contributed by atoms with Gasteiger partial charge < -0.3 is 10.6 Å². The van der Waals surface area contributed by atoms with Crippen LogP contribution in [-0.4, -0.2) is 6.54 Å². The maximum Gasteiger partial charge on any atom is 0.160 e. The zero-order chi connectivity index (χ0) is 14.8. The van der Waals surface area contributed by atoms with Crippen molar-refractivity contribution in [3.05, 3.63) is 63.4 Å². The van der Waals surface area contributed by atoms with Crippen LogP contribution in [-0.2, 0) is 6.54 Å². The Balaban J connectivity index is 1.91. The lowest BCUT2D eigenvalue weighted by molar-refractivity contribution is 0.626. The van der Waals surface area contributed by atoms with Gasteiger partial charge in [0.25, 0.3) is 0 Å². The van der Waals surface area contributed by atoms with Crippen molar-refractivity contribution in [1.82, 2.24) is 5.32 Å². The molecule has 21 heavy (non-hydrogen) atoms. The molecule has 1 aliphatic heterocycles. The van der Waals surface area contributed by atoms with E-state index >= 15 is 0 Å². The van der Waals surface area contributed by atoms with Crippen LogP contribution in [0.15, 0.2) is 36.4 Å². The molecule has 0 saturated heterocycles. The maximum atomic E-state index is 13.5. The molecular weight excluding hydrogens is 310 g/mol. The van der Waals surface area contributed by atoms with E-state index in [1.165, 1.54) is 11.1 Å². The Hall–Kier alpha value is -1.29. The van der Waals surface area contributed by atoms with Crippen molar-refractivity contribution >= 4 is 28.9 Å². The van der Waals surface area contributed by atoms with Gasteiger partial charge in [-0.1, -0.05) is 47.5 Å². The number of fused-ring (bicyclic) bond motifs is 1. The van der Waals surface area contributed by atoms with Crippen molar-refractivity contribution in [1.29, 1.82) is 0 Å². The van der Waals surface area contributed by atoms with Gasteiger partial charge in [-0.05, 0) is 36.2 Å². The molecule has 2 aromatic rings. The smallest absolute Gasteiger partial charge is 0.160 e. The highest BCUT2D eigenvalue weighted by Gasteiger charge is 2.18. The van der Waals surface area contributed by atoms with Gasteiger partial charge in [0.15, 0.2) is 5.82 Å². The Labute approximate surface area is 133 Å². The van der Waals surface area contributed by atoms with E-state index < -0.39 is 5.82 Å². The molecule has 1 atom stereocenters. The summed E-state index contributed by atoms with van der Waals surface area (Å²) in [5.41, 5.74) is 3.25. The molecule has 1 unspecified atom stereocenters. The normalized spacial score (nSPS) is 18.0. The fraction of sp³-hybridized carbons (Fsp3) is 0.250. The molecular formula is C16H15Cl2FN2. The van der Waals surface area contributed by atoms with E-state index in [9.17, 15) is 4.39 Å². The Morgan fingerprint density at radius 2 is 1.86 bits per heavy atom. The molecule has 0 spiro atoms. The van der Waals surface area contributed by atoms with Gasteiger partial charge in [-0.2, -0.15) is 0 Å². The molecule has 0 saturated carbocycles. The summed E-state index contributed by atoms with van der Waals surface area (Å²) in [5, 5.41) is 6.87. The average molecular weight is 325 g/mol. The first kappa shape index (κ1) is 14.6. The summed E-state index contributed by atoms with van der Waals surface area (Å²) in [6.45, 7) is 1.77. The van der Waals surface area contributed by atoms with Crippen LogP contribution in [0.25, 0.3) is 0 Å². The number of halogens is 3. The summed E-state index contributed by atoms with van der Waals surface area (Å²) >= 11 is 11.7. The van der Waals surface area contributed by atoms with Gasteiger partial charge in [0.1, 0.15) is 0 Å². The molecule has 2 aromatic carbocycles. The van der Waals surface area contributed by atoms with E-state index in [-0.39, 0.29) is 16.1 Å². The Kier molecular flexibility index (Phi) is 4.34. The van der Waals surface area contributed by atoms with Crippen LogP contribution in [0.5, 0.6) is 0 Å². The van der Waals surface area contributed by atoms with Gasteiger partial charge in [0.05, 0.1) is 16.1 Å². The number of benzene rings is 2. The van der Waals surface area contributed by atoms with Crippen LogP contribution in [0.3, 0.4) is 0 Å². The molecule has 1 aliphatic rings. The van der Waals surface area contributed by atoms with Crippen LogP contribution >= 0.6 is 23.2 Å². The minimum absolute atomic E-state index is 0.0324. The zero-order valence-electron chi connectivity index (χ0n) is 11.3. The number of hydrogen-bond donors (Lipinski definition) is 2. The van der Waals surface area contributed by atoms with E-state index in [1.54, 1.807) is 12.1 Å². The monoisotopic (exact) mass is 324 g/mol. The fourth-order valence-electron chi connectivity index (χ4n) is 2.65. The molecule has 2 nitrogen and oxygen atoms in total. The molecule has 0 fully saturated rings. The number of hydrogen-bond acceptors (Lipinski definition) is 2. The number of anilines is 1. The summed E-state index contributed by atoms with van der Waals surface area (Å²) in [6, 6.07) is 11.6. The zero-order valence-corrected chi connectivity index (χ0v) is 12.8. The SMILES string of the molecule is Fc1c(Cl)cc(NC2CCNCc3ccccc32)cc1Cl. The molecule has 110 valence electrons. The highest BCUT2D eigenvalue weighted by atomic mass is 35.5. The van der Waals surface area contributed by atoms with E-state index in [2.05, 4.69) is 22.8 Å². The van der Waals surface area contributed by atoms with Gasteiger partial charge in [0, 0.05) is 12.2 Å². The minimum Gasteiger partial charge on any atom is -0.378 e. The lowest BCUT2D eigenvalue weighted by Crippen LogP contribution is -2.15. The van der Waals surface area contributed by atoms with Gasteiger partial charge >= 0.3 is 0 Å². The summed E-state index contributed by atoms with van der Waals surface area (Å²) < 4.78 is 13.5. The number of rotatable bonds is 2. The third kappa shape index (κ3) is 3.15. The Morgan fingerprint density at radius 3 is 2.62 bits per heavy atom. The molecule has 1 heterocycles. The third-order valence-corrected chi connectivity index (χ3v) is 4.23. The maximum absolute atomic E-state index is 13.5. The van der Waals surface area contributed by atoms with Gasteiger partial charge in [0.2, 0.25) is 0 Å². The highest BCUT2D eigenvalue weighted by molar-refractivity contribution is 6.35. The molecule has 0 radical (unpaired) electrons. The van der Waals surface area contributed by atoms with Crippen molar-refractivity contribution in [3.8, 4) is 0 Å². The second kappa shape index (κ2) is 6.22. The average Bonchev–Trinajstić information content (AvgIpc) is 2.67. The van der Waals surface area contributed by atoms with Crippen LogP contribution in [0.4, 0.5) is 10.1 Å². The van der Waals surface area contributed by atoms with Gasteiger partial charge in [-0.25, -0.2) is 4.39 Å². The molecule has 2 N–H and O–H groups in total. The summed E-state index contributed by atoms with van der Waals surface area (Å²) in [6.07, 6.45) is 0.934. The van der Waals surface area contributed by atoms with E-state index in [0.717, 1.165) is 25.2 Å². The lowest BCUT2D eigenvalue weighted by atomic mass is 9.99. The summed E-state index contributed by atoms with van der Waals surface area (Å²) in [4.78, 5) is 0. The van der Waals surface area contributed by atoms with Crippen molar-refractivity contribution in [3.63, 3.8) is 0 Å². The molecule has 5 heteroatoms. The highest BCUT2D eigenvalue weighted by Crippen LogP contribution is 2.32. The second-order valence-electron chi connectivity index (χ2n) is 5.12. The first-order chi connectivity index (χ1) is 10.1. The van der Waals surface area contributed by atoms with Crippen LogP contribution in [0, 0.1) is 5.82 Å². The molecule has 0 aromatic heterocycles. The Morgan fingerprint density at radius 1 is 1.14 bits per heavy atom. The van der Waals surface area contributed by atoms with Gasteiger partial charge in [-0.3, -0.25) is 0 Å². The van der Waals surface area contributed by atoms with Crippen LogP contribution in [0.1, 0.15) is 23.6 Å². The van der Waals surface area contributed by atoms with Crippen molar-refractivity contribution < 1.29 is 4.39 Å². The molecule has 0 aliphatic carbocycles. The first-order valence-electron chi connectivity index (χ1n) is 6.85. The van der Waals surface area contributed by atoms with Gasteiger partial charge in [-0.15, -0.1) is 0 Å². The molecule has 3 rings (SSSR count). The van der Waals surface area contributed by atoms with E-state index in [1.807, 2.05) is 12.1 Å². The third-order valence-electron chi connectivity index (χ3n) is 3.68. The summed E-state index contributed by atoms with van der Waals surface area (Å²) in [7, 11) is 0. The largest absolute Gasteiger partial charge is 0.378 e. The van der Waals surface area contributed by atoms with E-state index in [4.69, 9.17) is 23.2 Å². The fourth-order valence-corrected chi connectivity index (χ4v) is 3.14. The lowest BCUT2D eigenvalue weighted by Gasteiger charge is -2.20. The van der Waals surface area contributed by atoms with Crippen LogP contribution < -0.4 is 10.6 Å². The summed E-state index contributed by atoms with van der Waals surface area (Å²) in [5.74, 6) is -0.577. The van der Waals surface area contributed by atoms with Crippen LogP contribution in [0.2, 0.25) is 10.0 Å². The van der Waals surface area contributed by atoms with E-state index in [0.29, 0.717) is 0 Å². The van der Waals surface area contributed by atoms with Crippen molar-refractivity contribution in [2.45, 2.75) is 19.0 Å². The van der Waals surface area contributed by atoms with Crippen molar-refractivity contribution in [2.24, 2.45) is 0 Å². The van der Waals surface area contributed by atoms with Crippen molar-refractivity contribution in [2.75, 3.05) is 11.9 Å². The number of nitrogens with one attached hydrogen (secondary N) is 2. The minimum atomic E-state index is -0.577. The standard InChI is InChI=1S/C16H15Cl2FN2/c17-13-7-11(8-14(18)16(13)19)21-15-5-6-20-9-10-3-1-2-4-12(10)15/h1-4,7-8,15,20-21H,5-6,9H2. The topological polar surface area (TPSA) is 24.1 Å². The molecule has 0 amide bonds. The predicted molar refractivity (Wildman–Crippen MR) is 85.5 cm³/mol. The second-order valence-corrected chi connectivity index (χ2v) is 5.93.